The topological polar surface area (TPSA) is 99.9 Å². The van der Waals surface area contributed by atoms with E-state index in [2.05, 4.69) is 26.3 Å². The summed E-state index contributed by atoms with van der Waals surface area (Å²) in [6.07, 6.45) is 6.19. The summed E-state index contributed by atoms with van der Waals surface area (Å²) in [5, 5.41) is 4.29. The number of aromatic amines is 2. The Morgan fingerprint density at radius 3 is 2.97 bits per heavy atom. The molecule has 0 aliphatic heterocycles. The lowest BCUT2D eigenvalue weighted by Gasteiger charge is -2.29. The van der Waals surface area contributed by atoms with Crippen LogP contribution in [0.4, 0.5) is 0 Å². The van der Waals surface area contributed by atoms with E-state index in [9.17, 15) is 9.59 Å². The molecule has 4 rings (SSSR count). The van der Waals surface area contributed by atoms with Gasteiger partial charge in [0.2, 0.25) is 5.91 Å². The van der Waals surface area contributed by atoms with Crippen LogP contribution in [0.25, 0.3) is 10.9 Å². The second kappa shape index (κ2) is 8.83. The number of nitrogens with zero attached hydrogens (tertiary/aromatic N) is 1. The molecule has 3 atom stereocenters. The zero-order chi connectivity index (χ0) is 21.1. The van der Waals surface area contributed by atoms with Crippen molar-refractivity contribution < 1.29 is 9.53 Å². The van der Waals surface area contributed by atoms with E-state index in [-0.39, 0.29) is 29.5 Å². The third kappa shape index (κ3) is 4.46. The average molecular weight is 409 g/mol. The number of nitrogens with one attached hydrogen (secondary N) is 3. The van der Waals surface area contributed by atoms with Gasteiger partial charge >= 0.3 is 0 Å². The summed E-state index contributed by atoms with van der Waals surface area (Å²) >= 11 is 0. The summed E-state index contributed by atoms with van der Waals surface area (Å²) in [7, 11) is 1.70. The van der Waals surface area contributed by atoms with Crippen molar-refractivity contribution >= 4 is 16.8 Å². The first kappa shape index (κ1) is 20.3. The van der Waals surface area contributed by atoms with Crippen molar-refractivity contribution in [3.8, 4) is 0 Å². The summed E-state index contributed by atoms with van der Waals surface area (Å²) in [5.41, 5.74) is 2.48. The maximum Gasteiger partial charge on any atom is 0.251 e. The first-order valence-corrected chi connectivity index (χ1v) is 10.5. The number of hydrogen-bond acceptors (Lipinski definition) is 4. The zero-order valence-electron chi connectivity index (χ0n) is 17.4. The monoisotopic (exact) mass is 408 g/mol. The van der Waals surface area contributed by atoms with E-state index >= 15 is 0 Å². The molecule has 7 heteroatoms. The van der Waals surface area contributed by atoms with Crippen LogP contribution in [0.1, 0.15) is 48.8 Å². The fourth-order valence-corrected chi connectivity index (χ4v) is 4.42. The standard InChI is InChI=1S/C23H28N4O3/c1-14-25-21(12-22(28)26-14)20(11-16-13-24-19-9-4-3-8-18(16)19)27-23(29)15-6-5-7-17(10-15)30-2/h3-4,8-9,12-13,15,17,20,24H,5-7,10-11H2,1-2H3,(H,27,29)(H,25,26,28)/t15-,17+,20-/m1/s1. The Balaban J connectivity index is 1.61. The summed E-state index contributed by atoms with van der Waals surface area (Å²) in [5.74, 6) is 0.450. The molecule has 1 amide bonds. The lowest BCUT2D eigenvalue weighted by atomic mass is 9.86. The molecule has 1 aliphatic rings. The highest BCUT2D eigenvalue weighted by Gasteiger charge is 2.29. The zero-order valence-corrected chi connectivity index (χ0v) is 17.4. The van der Waals surface area contributed by atoms with Crippen molar-refractivity contribution in [3.05, 3.63) is 64.0 Å². The molecule has 3 N–H and O–H groups in total. The molecule has 158 valence electrons. The fraction of sp³-hybridized carbons (Fsp3) is 0.435. The predicted molar refractivity (Wildman–Crippen MR) is 115 cm³/mol. The van der Waals surface area contributed by atoms with E-state index in [1.54, 1.807) is 14.0 Å². The molecule has 1 aromatic carbocycles. The van der Waals surface area contributed by atoms with Gasteiger partial charge in [-0.05, 0) is 37.8 Å². The van der Waals surface area contributed by atoms with E-state index in [0.29, 0.717) is 17.9 Å². The molecule has 0 radical (unpaired) electrons. The predicted octanol–water partition coefficient (Wildman–Crippen LogP) is 3.16. The number of aryl methyl sites for hydroxylation is 1. The number of methoxy groups -OCH3 is 1. The highest BCUT2D eigenvalue weighted by molar-refractivity contribution is 5.83. The normalized spacial score (nSPS) is 20.2. The van der Waals surface area contributed by atoms with Crippen molar-refractivity contribution in [1.82, 2.24) is 20.3 Å². The number of rotatable bonds is 6. The second-order valence-corrected chi connectivity index (χ2v) is 8.10. The van der Waals surface area contributed by atoms with Gasteiger partial charge in [-0.1, -0.05) is 24.6 Å². The minimum atomic E-state index is -0.388. The number of ether oxygens (including phenoxy) is 1. The van der Waals surface area contributed by atoms with Crippen LogP contribution in [0, 0.1) is 12.8 Å². The maximum atomic E-state index is 13.1. The number of amides is 1. The SMILES string of the molecule is CO[C@H]1CCC[C@@H](C(=O)N[C@H](Cc2c[nH]c3ccccc23)c2cc(=O)[nH]c(C)n2)C1. The van der Waals surface area contributed by atoms with Crippen molar-refractivity contribution in [3.63, 3.8) is 0 Å². The highest BCUT2D eigenvalue weighted by Crippen LogP contribution is 2.28. The molecule has 2 heterocycles. The van der Waals surface area contributed by atoms with Crippen LogP contribution in [0.15, 0.2) is 41.3 Å². The Morgan fingerprint density at radius 2 is 2.17 bits per heavy atom. The van der Waals surface area contributed by atoms with Crippen molar-refractivity contribution in [2.45, 2.75) is 51.2 Å². The van der Waals surface area contributed by atoms with Crippen LogP contribution >= 0.6 is 0 Å². The molecule has 0 spiro atoms. The summed E-state index contributed by atoms with van der Waals surface area (Å²) in [6, 6.07) is 9.15. The molecule has 1 saturated carbocycles. The third-order valence-electron chi connectivity index (χ3n) is 5.98. The molecule has 1 fully saturated rings. The number of carbonyl (C=O) groups excluding carboxylic acids is 1. The van der Waals surface area contributed by atoms with Gasteiger partial charge in [-0.3, -0.25) is 9.59 Å². The van der Waals surface area contributed by atoms with E-state index < -0.39 is 0 Å². The van der Waals surface area contributed by atoms with Gasteiger partial charge in [0.05, 0.1) is 17.8 Å². The van der Waals surface area contributed by atoms with Crippen molar-refractivity contribution in [1.29, 1.82) is 0 Å². The van der Waals surface area contributed by atoms with E-state index in [1.165, 1.54) is 6.07 Å². The molecule has 0 saturated heterocycles. The Labute approximate surface area is 175 Å². The van der Waals surface area contributed by atoms with Gasteiger partial charge in [-0.15, -0.1) is 0 Å². The minimum Gasteiger partial charge on any atom is -0.381 e. The number of fused-ring (bicyclic) bond motifs is 1. The summed E-state index contributed by atoms with van der Waals surface area (Å²) < 4.78 is 5.48. The molecule has 1 aliphatic carbocycles. The summed E-state index contributed by atoms with van der Waals surface area (Å²) in [4.78, 5) is 35.7. The fourth-order valence-electron chi connectivity index (χ4n) is 4.42. The molecular formula is C23H28N4O3. The minimum absolute atomic E-state index is 0.00123. The molecule has 2 aromatic heterocycles. The molecule has 30 heavy (non-hydrogen) atoms. The van der Waals surface area contributed by atoms with E-state index in [0.717, 1.165) is 42.1 Å². The van der Waals surface area contributed by atoms with Gasteiger partial charge in [0.25, 0.3) is 5.56 Å². The molecule has 3 aromatic rings. The number of aromatic nitrogens is 3. The van der Waals surface area contributed by atoms with Crippen molar-refractivity contribution in [2.75, 3.05) is 7.11 Å². The van der Waals surface area contributed by atoms with E-state index in [4.69, 9.17) is 4.74 Å². The molecule has 0 bridgehead atoms. The number of para-hydroxylation sites is 1. The Hall–Kier alpha value is -2.93. The van der Waals surface area contributed by atoms with Gasteiger partial charge in [0.1, 0.15) is 5.82 Å². The Kier molecular flexibility index (Phi) is 5.99. The number of carbonyl (C=O) groups is 1. The van der Waals surface area contributed by atoms with Crippen LogP contribution in [-0.4, -0.2) is 34.1 Å². The highest BCUT2D eigenvalue weighted by atomic mass is 16.5. The van der Waals surface area contributed by atoms with Gasteiger partial charge in [0, 0.05) is 42.6 Å². The van der Waals surface area contributed by atoms with Crippen LogP contribution in [0.5, 0.6) is 0 Å². The van der Waals surface area contributed by atoms with E-state index in [1.807, 2.05) is 24.4 Å². The largest absolute Gasteiger partial charge is 0.381 e. The number of H-pyrrole nitrogens is 2. The average Bonchev–Trinajstić information content (AvgIpc) is 3.15. The third-order valence-corrected chi connectivity index (χ3v) is 5.98. The quantitative estimate of drug-likeness (QED) is 0.583. The molecule has 7 nitrogen and oxygen atoms in total. The summed E-state index contributed by atoms with van der Waals surface area (Å²) in [6.45, 7) is 1.75. The Bertz CT molecular complexity index is 1090. The van der Waals surface area contributed by atoms with Gasteiger partial charge in [-0.2, -0.15) is 0 Å². The smallest absolute Gasteiger partial charge is 0.251 e. The maximum absolute atomic E-state index is 13.1. The Morgan fingerprint density at radius 1 is 1.33 bits per heavy atom. The van der Waals surface area contributed by atoms with Crippen LogP contribution in [-0.2, 0) is 16.0 Å². The number of benzene rings is 1. The first-order valence-electron chi connectivity index (χ1n) is 10.5. The molecule has 0 unspecified atom stereocenters. The van der Waals surface area contributed by atoms with Gasteiger partial charge in [-0.25, -0.2) is 4.98 Å². The van der Waals surface area contributed by atoms with Gasteiger partial charge in [0.15, 0.2) is 0 Å². The van der Waals surface area contributed by atoms with Crippen molar-refractivity contribution in [2.24, 2.45) is 5.92 Å². The van der Waals surface area contributed by atoms with Crippen LogP contribution in [0.3, 0.4) is 0 Å². The lowest BCUT2D eigenvalue weighted by Crippen LogP contribution is -2.39. The van der Waals surface area contributed by atoms with Crippen LogP contribution in [0.2, 0.25) is 0 Å². The second-order valence-electron chi connectivity index (χ2n) is 8.10. The lowest BCUT2D eigenvalue weighted by molar-refractivity contribution is -0.128. The first-order chi connectivity index (χ1) is 14.5. The molecular weight excluding hydrogens is 380 g/mol. The van der Waals surface area contributed by atoms with Gasteiger partial charge < -0.3 is 20.0 Å². The van der Waals surface area contributed by atoms with Crippen LogP contribution < -0.4 is 10.9 Å². The number of hydrogen-bond donors (Lipinski definition) is 3.